The van der Waals surface area contributed by atoms with Crippen molar-refractivity contribution in [2.45, 2.75) is 0 Å². The highest BCUT2D eigenvalue weighted by Crippen LogP contribution is 2.37. The van der Waals surface area contributed by atoms with E-state index in [1.54, 1.807) is 0 Å². The molecule has 0 amide bonds. The first-order chi connectivity index (χ1) is 24.3. The number of hydrogen-bond acceptors (Lipinski definition) is 3. The number of hydrogen-bond donors (Lipinski definition) is 0. The fourth-order valence-corrected chi connectivity index (χ4v) is 7.30. The molecule has 49 heavy (non-hydrogen) atoms. The summed E-state index contributed by atoms with van der Waals surface area (Å²) in [6.07, 6.45) is 0. The fourth-order valence-electron chi connectivity index (χ4n) is 7.30. The second kappa shape index (κ2) is 11.0. The van der Waals surface area contributed by atoms with Crippen LogP contribution in [0.5, 0.6) is 0 Å². The number of benzene rings is 8. The Morgan fingerprint density at radius 2 is 0.918 bits per heavy atom. The second-order valence-electron chi connectivity index (χ2n) is 12.5. The molecule has 0 saturated heterocycles. The van der Waals surface area contributed by atoms with Crippen molar-refractivity contribution in [2.75, 3.05) is 0 Å². The summed E-state index contributed by atoms with van der Waals surface area (Å²) in [4.78, 5) is 15.4. The van der Waals surface area contributed by atoms with Gasteiger partial charge >= 0.3 is 0 Å². The summed E-state index contributed by atoms with van der Waals surface area (Å²) in [7, 11) is 0. The number of nitrogens with zero attached hydrogens (tertiary/aromatic N) is 4. The predicted octanol–water partition coefficient (Wildman–Crippen LogP) is 11.4. The van der Waals surface area contributed by atoms with Gasteiger partial charge in [0, 0.05) is 33.2 Å². The second-order valence-corrected chi connectivity index (χ2v) is 12.5. The van der Waals surface area contributed by atoms with E-state index in [9.17, 15) is 0 Å². The lowest BCUT2D eigenvalue weighted by molar-refractivity contribution is 1.07. The van der Waals surface area contributed by atoms with E-state index in [1.807, 2.05) is 18.2 Å². The van der Waals surface area contributed by atoms with Crippen LogP contribution < -0.4 is 0 Å². The zero-order chi connectivity index (χ0) is 32.3. The third kappa shape index (κ3) is 4.49. The Labute approximate surface area is 282 Å². The van der Waals surface area contributed by atoms with Gasteiger partial charge in [-0.3, -0.25) is 0 Å². The van der Waals surface area contributed by atoms with Crippen LogP contribution in [-0.4, -0.2) is 19.5 Å². The monoisotopic (exact) mass is 624 g/mol. The van der Waals surface area contributed by atoms with Gasteiger partial charge in [0.15, 0.2) is 17.5 Å². The summed E-state index contributed by atoms with van der Waals surface area (Å²) in [5, 5.41) is 9.57. The normalized spacial score (nSPS) is 11.7. The fraction of sp³-hybridized carbons (Fsp3) is 0. The summed E-state index contributed by atoms with van der Waals surface area (Å²) in [5.41, 5.74) is 6.24. The molecule has 0 N–H and O–H groups in total. The van der Waals surface area contributed by atoms with Crippen molar-refractivity contribution < 1.29 is 0 Å². The van der Waals surface area contributed by atoms with E-state index in [1.165, 1.54) is 37.8 Å². The van der Waals surface area contributed by atoms with Gasteiger partial charge in [0.05, 0.1) is 11.0 Å². The molecule has 2 heterocycles. The Balaban J connectivity index is 1.21. The van der Waals surface area contributed by atoms with Crippen LogP contribution in [-0.2, 0) is 0 Å². The number of para-hydroxylation sites is 1. The van der Waals surface area contributed by atoms with E-state index in [0.717, 1.165) is 38.7 Å². The molecule has 4 heteroatoms. The average molecular weight is 625 g/mol. The summed E-state index contributed by atoms with van der Waals surface area (Å²) in [5.74, 6) is 1.93. The standard InChI is InChI=1S/C45H28N4/c1-2-13-29(14-3-1)43-46-44(48-45(47-43)40-27-32-17-6-7-20-35(32)36-21-8-9-22-37(36)40)33-18-12-19-34(25-33)49-41-24-11-10-23-38(41)39-26-30-15-4-5-16-31(30)28-42(39)49/h1-28H. The van der Waals surface area contributed by atoms with Crippen molar-refractivity contribution in [1.82, 2.24) is 19.5 Å². The van der Waals surface area contributed by atoms with E-state index in [2.05, 4.69) is 156 Å². The first-order valence-electron chi connectivity index (χ1n) is 16.5. The van der Waals surface area contributed by atoms with Gasteiger partial charge in [-0.05, 0) is 68.7 Å². The molecule has 10 rings (SSSR count). The average Bonchev–Trinajstić information content (AvgIpc) is 3.50. The Morgan fingerprint density at radius 1 is 0.327 bits per heavy atom. The highest BCUT2D eigenvalue weighted by Gasteiger charge is 2.18. The van der Waals surface area contributed by atoms with Crippen molar-refractivity contribution in [3.63, 3.8) is 0 Å². The van der Waals surface area contributed by atoms with E-state index < -0.39 is 0 Å². The largest absolute Gasteiger partial charge is 0.309 e. The number of fused-ring (bicyclic) bond motifs is 7. The van der Waals surface area contributed by atoms with E-state index >= 15 is 0 Å². The van der Waals surface area contributed by atoms with E-state index in [4.69, 9.17) is 15.0 Å². The summed E-state index contributed by atoms with van der Waals surface area (Å²) in [6, 6.07) is 59.8. The maximum Gasteiger partial charge on any atom is 0.164 e. The molecule has 0 aliphatic carbocycles. The molecule has 0 atom stereocenters. The van der Waals surface area contributed by atoms with Gasteiger partial charge in [-0.25, -0.2) is 15.0 Å². The van der Waals surface area contributed by atoms with Crippen molar-refractivity contribution in [3.05, 3.63) is 170 Å². The van der Waals surface area contributed by atoms with Crippen LogP contribution in [0.15, 0.2) is 170 Å². The van der Waals surface area contributed by atoms with Gasteiger partial charge in [-0.15, -0.1) is 0 Å². The molecule has 2 aromatic heterocycles. The maximum atomic E-state index is 5.21. The maximum absolute atomic E-state index is 5.21. The Bertz CT molecular complexity index is 2890. The molecule has 228 valence electrons. The predicted molar refractivity (Wildman–Crippen MR) is 203 cm³/mol. The van der Waals surface area contributed by atoms with Gasteiger partial charge in [-0.1, -0.05) is 133 Å². The van der Waals surface area contributed by atoms with Crippen LogP contribution >= 0.6 is 0 Å². The molecular formula is C45H28N4. The molecular weight excluding hydrogens is 597 g/mol. The molecule has 8 aromatic carbocycles. The quantitative estimate of drug-likeness (QED) is 0.183. The highest BCUT2D eigenvalue weighted by molar-refractivity contribution is 6.14. The molecule has 0 aliphatic heterocycles. The Hall–Kier alpha value is -6.65. The highest BCUT2D eigenvalue weighted by atomic mass is 15.0. The number of aromatic nitrogens is 4. The Kier molecular flexibility index (Phi) is 6.15. The van der Waals surface area contributed by atoms with Crippen LogP contribution in [0.25, 0.3) is 94.0 Å². The zero-order valence-electron chi connectivity index (χ0n) is 26.5. The summed E-state index contributed by atoms with van der Waals surface area (Å²) in [6.45, 7) is 0. The SMILES string of the molecule is c1ccc(-c2nc(-c3cccc(-n4c5ccccc5c5cc6ccccc6cc54)c3)nc(-c3cc4ccccc4c4ccccc34)n2)cc1. The molecule has 0 radical (unpaired) electrons. The lowest BCUT2D eigenvalue weighted by Gasteiger charge is -2.13. The minimum Gasteiger partial charge on any atom is -0.309 e. The van der Waals surface area contributed by atoms with Crippen LogP contribution in [0.4, 0.5) is 0 Å². The van der Waals surface area contributed by atoms with Crippen LogP contribution in [0.2, 0.25) is 0 Å². The van der Waals surface area contributed by atoms with Gasteiger partial charge in [0.25, 0.3) is 0 Å². The summed E-state index contributed by atoms with van der Waals surface area (Å²) >= 11 is 0. The molecule has 0 fully saturated rings. The van der Waals surface area contributed by atoms with Crippen molar-refractivity contribution in [2.24, 2.45) is 0 Å². The smallest absolute Gasteiger partial charge is 0.164 e. The van der Waals surface area contributed by atoms with Crippen molar-refractivity contribution >= 4 is 54.1 Å². The molecule has 0 bridgehead atoms. The minimum absolute atomic E-state index is 0.633. The van der Waals surface area contributed by atoms with E-state index in [0.29, 0.717) is 17.5 Å². The summed E-state index contributed by atoms with van der Waals surface area (Å²) < 4.78 is 2.36. The molecule has 4 nitrogen and oxygen atoms in total. The molecule has 0 saturated carbocycles. The third-order valence-corrected chi connectivity index (χ3v) is 9.58. The lowest BCUT2D eigenvalue weighted by atomic mass is 9.97. The van der Waals surface area contributed by atoms with Gasteiger partial charge in [-0.2, -0.15) is 0 Å². The minimum atomic E-state index is 0.633. The molecule has 10 aromatic rings. The van der Waals surface area contributed by atoms with Crippen molar-refractivity contribution in [1.29, 1.82) is 0 Å². The first-order valence-corrected chi connectivity index (χ1v) is 16.5. The molecule has 0 unspecified atom stereocenters. The number of rotatable bonds is 4. The third-order valence-electron chi connectivity index (χ3n) is 9.58. The van der Waals surface area contributed by atoms with Crippen molar-refractivity contribution in [3.8, 4) is 39.9 Å². The van der Waals surface area contributed by atoms with Gasteiger partial charge < -0.3 is 4.57 Å². The first kappa shape index (κ1) is 27.5. The molecule has 0 spiro atoms. The Morgan fingerprint density at radius 3 is 1.73 bits per heavy atom. The topological polar surface area (TPSA) is 43.6 Å². The van der Waals surface area contributed by atoms with Crippen LogP contribution in [0, 0.1) is 0 Å². The lowest BCUT2D eigenvalue weighted by Crippen LogP contribution is -2.01. The zero-order valence-corrected chi connectivity index (χ0v) is 26.5. The van der Waals surface area contributed by atoms with Gasteiger partial charge in [0.2, 0.25) is 0 Å². The van der Waals surface area contributed by atoms with Gasteiger partial charge in [0.1, 0.15) is 0 Å². The van der Waals surface area contributed by atoms with Crippen LogP contribution in [0.1, 0.15) is 0 Å². The van der Waals surface area contributed by atoms with Crippen LogP contribution in [0.3, 0.4) is 0 Å². The van der Waals surface area contributed by atoms with E-state index in [-0.39, 0.29) is 0 Å². The molecule has 0 aliphatic rings.